The van der Waals surface area contributed by atoms with Crippen LogP contribution in [0.1, 0.15) is 11.1 Å². The average molecular weight is 148 g/mol. The first-order chi connectivity index (χ1) is 5.25. The molecule has 0 amide bonds. The molecule has 0 saturated carbocycles. The second kappa shape index (κ2) is 3.02. The zero-order chi connectivity index (χ0) is 8.27. The minimum atomic E-state index is -0.0368. The number of pyridine rings is 1. The summed E-state index contributed by atoms with van der Waals surface area (Å²) >= 11 is 0. The average Bonchev–Trinajstić information content (AvgIpc) is 1.99. The Bertz CT molecular complexity index is 346. The van der Waals surface area contributed by atoms with E-state index < -0.39 is 0 Å². The summed E-state index contributed by atoms with van der Waals surface area (Å²) in [6, 6.07) is 1.93. The van der Waals surface area contributed by atoms with Gasteiger partial charge < -0.3 is 4.98 Å². The molecule has 56 valence electrons. The largest absolute Gasteiger partial charge is 0.367 e. The van der Waals surface area contributed by atoms with E-state index in [1.54, 1.807) is 19.3 Å². The molecule has 0 bridgehead atoms. The number of rotatable bonds is 1. The second-order valence-corrected chi connectivity index (χ2v) is 2.33. The number of aryl methyl sites for hydroxylation is 1. The van der Waals surface area contributed by atoms with Crippen molar-refractivity contribution in [1.82, 2.24) is 4.98 Å². The minimum Gasteiger partial charge on any atom is -0.367 e. The van der Waals surface area contributed by atoms with Gasteiger partial charge in [-0.15, -0.1) is 0 Å². The number of H-pyrrole nitrogens is 1. The maximum Gasteiger partial charge on any atom is 0.188 e. The van der Waals surface area contributed by atoms with Gasteiger partial charge in [-0.05, 0) is 6.92 Å². The topological polar surface area (TPSA) is 56.6 Å². The van der Waals surface area contributed by atoms with Crippen LogP contribution in [0.5, 0.6) is 0 Å². The fourth-order valence-electron chi connectivity index (χ4n) is 0.868. The van der Waals surface area contributed by atoms with E-state index in [9.17, 15) is 4.79 Å². The molecular weight excluding hydrogens is 140 g/mol. The van der Waals surface area contributed by atoms with Crippen LogP contribution < -0.4 is 5.43 Å². The van der Waals surface area contributed by atoms with Gasteiger partial charge in [-0.2, -0.15) is 5.26 Å². The first-order valence-electron chi connectivity index (χ1n) is 3.29. The van der Waals surface area contributed by atoms with E-state index in [0.717, 1.165) is 0 Å². The maximum absolute atomic E-state index is 11.2. The van der Waals surface area contributed by atoms with Gasteiger partial charge in [0.2, 0.25) is 0 Å². The molecule has 0 radical (unpaired) electrons. The van der Waals surface area contributed by atoms with Gasteiger partial charge >= 0.3 is 0 Å². The predicted octanol–water partition coefficient (Wildman–Crippen LogP) is 0.749. The molecule has 11 heavy (non-hydrogen) atoms. The summed E-state index contributed by atoms with van der Waals surface area (Å²) in [5.41, 5.74) is 1.15. The summed E-state index contributed by atoms with van der Waals surface area (Å²) in [5.74, 6) is 0. The van der Waals surface area contributed by atoms with Crippen LogP contribution in [-0.4, -0.2) is 4.98 Å². The van der Waals surface area contributed by atoms with Crippen LogP contribution in [0.15, 0.2) is 17.2 Å². The lowest BCUT2D eigenvalue weighted by atomic mass is 10.2. The van der Waals surface area contributed by atoms with Gasteiger partial charge in [-0.25, -0.2) is 0 Å². The normalized spacial score (nSPS) is 9.09. The number of nitrogens with one attached hydrogen (secondary N) is 1. The zero-order valence-corrected chi connectivity index (χ0v) is 6.22. The van der Waals surface area contributed by atoms with E-state index in [-0.39, 0.29) is 11.8 Å². The highest BCUT2D eigenvalue weighted by molar-refractivity contribution is 5.19. The number of nitrogens with zero attached hydrogens (tertiary/aromatic N) is 1. The molecular formula is C8H8N2O. The van der Waals surface area contributed by atoms with Gasteiger partial charge in [0, 0.05) is 23.5 Å². The lowest BCUT2D eigenvalue weighted by molar-refractivity contribution is 1.13. The predicted molar refractivity (Wildman–Crippen MR) is 41.1 cm³/mol. The Morgan fingerprint density at radius 2 is 2.36 bits per heavy atom. The summed E-state index contributed by atoms with van der Waals surface area (Å²) in [4.78, 5) is 14.0. The Morgan fingerprint density at radius 1 is 1.64 bits per heavy atom. The highest BCUT2D eigenvalue weighted by Crippen LogP contribution is 1.91. The quantitative estimate of drug-likeness (QED) is 0.638. The summed E-state index contributed by atoms with van der Waals surface area (Å²) in [7, 11) is 0. The van der Waals surface area contributed by atoms with E-state index in [0.29, 0.717) is 11.1 Å². The number of aromatic nitrogens is 1. The van der Waals surface area contributed by atoms with Crippen LogP contribution in [-0.2, 0) is 6.42 Å². The van der Waals surface area contributed by atoms with Crippen molar-refractivity contribution in [3.8, 4) is 6.07 Å². The second-order valence-electron chi connectivity index (χ2n) is 2.33. The molecule has 0 fully saturated rings. The van der Waals surface area contributed by atoms with E-state index in [1.165, 1.54) is 0 Å². The first kappa shape index (κ1) is 7.55. The van der Waals surface area contributed by atoms with Crippen molar-refractivity contribution >= 4 is 0 Å². The Hall–Kier alpha value is -1.56. The molecule has 0 saturated heterocycles. The van der Waals surface area contributed by atoms with Crippen molar-refractivity contribution < 1.29 is 0 Å². The molecule has 0 unspecified atom stereocenters. The van der Waals surface area contributed by atoms with Crippen molar-refractivity contribution in [2.75, 3.05) is 0 Å². The summed E-state index contributed by atoms with van der Waals surface area (Å²) in [6.07, 6.45) is 3.37. The molecule has 0 aromatic carbocycles. The van der Waals surface area contributed by atoms with Crippen LogP contribution in [0.25, 0.3) is 0 Å². The van der Waals surface area contributed by atoms with Crippen LogP contribution >= 0.6 is 0 Å². The molecule has 1 heterocycles. The highest BCUT2D eigenvalue weighted by atomic mass is 16.1. The summed E-state index contributed by atoms with van der Waals surface area (Å²) < 4.78 is 0. The fraction of sp³-hybridized carbons (Fsp3) is 0.250. The molecule has 1 N–H and O–H groups in total. The maximum atomic E-state index is 11.2. The van der Waals surface area contributed by atoms with Crippen molar-refractivity contribution in [3.63, 3.8) is 0 Å². The Kier molecular flexibility index (Phi) is 2.07. The van der Waals surface area contributed by atoms with E-state index in [1.807, 2.05) is 6.07 Å². The third kappa shape index (κ3) is 1.47. The minimum absolute atomic E-state index is 0.0368. The Morgan fingerprint density at radius 3 is 3.00 bits per heavy atom. The Labute approximate surface area is 64.3 Å². The molecule has 3 nitrogen and oxygen atoms in total. The van der Waals surface area contributed by atoms with Crippen LogP contribution in [0.4, 0.5) is 0 Å². The third-order valence-electron chi connectivity index (χ3n) is 1.48. The SMILES string of the molecule is Cc1c[nH]cc(CC#N)c1=O. The molecule has 0 atom stereocenters. The molecule has 3 heteroatoms. The lowest BCUT2D eigenvalue weighted by Gasteiger charge is -1.93. The fourth-order valence-corrected chi connectivity index (χ4v) is 0.868. The number of aromatic amines is 1. The first-order valence-corrected chi connectivity index (χ1v) is 3.29. The monoisotopic (exact) mass is 148 g/mol. The molecule has 1 rings (SSSR count). The standard InChI is InChI=1S/C8H8N2O/c1-6-4-10-5-7(2-3-9)8(6)11/h4-5H,2H2,1H3,(H,10,11). The van der Waals surface area contributed by atoms with E-state index in [2.05, 4.69) is 4.98 Å². The van der Waals surface area contributed by atoms with Gasteiger partial charge in [0.05, 0.1) is 12.5 Å². The third-order valence-corrected chi connectivity index (χ3v) is 1.48. The highest BCUT2D eigenvalue weighted by Gasteiger charge is 1.99. The zero-order valence-electron chi connectivity index (χ0n) is 6.22. The van der Waals surface area contributed by atoms with Crippen molar-refractivity contribution in [2.24, 2.45) is 0 Å². The van der Waals surface area contributed by atoms with Gasteiger partial charge in [-0.3, -0.25) is 4.79 Å². The molecule has 1 aromatic heterocycles. The van der Waals surface area contributed by atoms with Crippen molar-refractivity contribution in [1.29, 1.82) is 5.26 Å². The van der Waals surface area contributed by atoms with Crippen LogP contribution in [0.2, 0.25) is 0 Å². The molecule has 1 aromatic rings. The Balaban J connectivity index is 3.20. The van der Waals surface area contributed by atoms with Crippen molar-refractivity contribution in [3.05, 3.63) is 33.7 Å². The number of nitriles is 1. The van der Waals surface area contributed by atoms with Gasteiger partial charge in [0.25, 0.3) is 0 Å². The van der Waals surface area contributed by atoms with E-state index >= 15 is 0 Å². The summed E-state index contributed by atoms with van der Waals surface area (Å²) in [6.45, 7) is 1.72. The van der Waals surface area contributed by atoms with Gasteiger partial charge in [-0.1, -0.05) is 0 Å². The number of hydrogen-bond acceptors (Lipinski definition) is 2. The number of hydrogen-bond donors (Lipinski definition) is 1. The molecule has 0 aliphatic rings. The lowest BCUT2D eigenvalue weighted by Crippen LogP contribution is -2.11. The van der Waals surface area contributed by atoms with Crippen LogP contribution in [0, 0.1) is 18.3 Å². The molecule has 0 spiro atoms. The molecule has 0 aliphatic heterocycles. The summed E-state index contributed by atoms with van der Waals surface area (Å²) in [5, 5.41) is 8.33. The van der Waals surface area contributed by atoms with Gasteiger partial charge in [0.15, 0.2) is 5.43 Å². The van der Waals surface area contributed by atoms with Crippen LogP contribution in [0.3, 0.4) is 0 Å². The van der Waals surface area contributed by atoms with Crippen molar-refractivity contribution in [2.45, 2.75) is 13.3 Å². The smallest absolute Gasteiger partial charge is 0.188 e. The van der Waals surface area contributed by atoms with E-state index in [4.69, 9.17) is 5.26 Å². The van der Waals surface area contributed by atoms with Gasteiger partial charge in [0.1, 0.15) is 0 Å². The molecule has 0 aliphatic carbocycles.